The molecule has 16 heavy (non-hydrogen) atoms. The van der Waals surface area contributed by atoms with E-state index in [-0.39, 0.29) is 12.0 Å². The first kappa shape index (κ1) is 12.6. The third-order valence-corrected chi connectivity index (χ3v) is 2.34. The van der Waals surface area contributed by atoms with Crippen LogP contribution in [-0.4, -0.2) is 13.3 Å². The highest BCUT2D eigenvalue weighted by Gasteiger charge is 2.12. The lowest BCUT2D eigenvalue weighted by Crippen LogP contribution is -2.11. The molecular weight excluding hydrogens is 204 g/mol. The first-order chi connectivity index (χ1) is 7.43. The second-order valence-corrected chi connectivity index (χ2v) is 4.69. The van der Waals surface area contributed by atoms with Crippen LogP contribution in [0.25, 0.3) is 0 Å². The van der Waals surface area contributed by atoms with Crippen molar-refractivity contribution in [2.24, 2.45) is 0 Å². The average Bonchev–Trinajstić information content (AvgIpc) is 2.25. The fourth-order valence-corrected chi connectivity index (χ4v) is 1.30. The molecule has 1 aromatic rings. The Hall–Kier alpha value is -1.51. The van der Waals surface area contributed by atoms with Crippen molar-refractivity contribution < 1.29 is 14.3 Å². The summed E-state index contributed by atoms with van der Waals surface area (Å²) in [5.41, 5.74) is 2.36. The Labute approximate surface area is 96.4 Å². The molecule has 0 aromatic heterocycles. The number of carbonyl (C=O) groups is 1. The van der Waals surface area contributed by atoms with Gasteiger partial charge in [0.25, 0.3) is 0 Å². The van der Waals surface area contributed by atoms with Gasteiger partial charge in [-0.25, -0.2) is 4.79 Å². The van der Waals surface area contributed by atoms with Crippen LogP contribution in [0.3, 0.4) is 0 Å². The van der Waals surface area contributed by atoms with Crippen LogP contribution in [0.4, 0.5) is 4.79 Å². The molecule has 0 atom stereocenters. The minimum atomic E-state index is -0.653. The summed E-state index contributed by atoms with van der Waals surface area (Å²) < 4.78 is 9.23. The van der Waals surface area contributed by atoms with Crippen LogP contribution >= 0.6 is 0 Å². The van der Waals surface area contributed by atoms with Crippen molar-refractivity contribution in [3.8, 4) is 0 Å². The molecule has 0 unspecified atom stereocenters. The van der Waals surface area contributed by atoms with E-state index in [9.17, 15) is 4.79 Å². The van der Waals surface area contributed by atoms with E-state index < -0.39 is 6.16 Å². The monoisotopic (exact) mass is 222 g/mol. The normalized spacial score (nSPS) is 11.0. The third kappa shape index (κ3) is 3.57. The molecule has 0 saturated carbocycles. The zero-order valence-corrected chi connectivity index (χ0v) is 10.2. The largest absolute Gasteiger partial charge is 0.508 e. The molecule has 88 valence electrons. The molecule has 0 N–H and O–H groups in total. The number of benzene rings is 1. The van der Waals surface area contributed by atoms with Crippen molar-refractivity contribution in [2.45, 2.75) is 32.8 Å². The van der Waals surface area contributed by atoms with E-state index in [1.807, 2.05) is 12.1 Å². The summed E-state index contributed by atoms with van der Waals surface area (Å²) in [6.07, 6.45) is -0.653. The molecule has 0 radical (unpaired) electrons. The predicted molar refractivity (Wildman–Crippen MR) is 62.3 cm³/mol. The summed E-state index contributed by atoms with van der Waals surface area (Å²) in [7, 11) is 1.30. The van der Waals surface area contributed by atoms with Gasteiger partial charge in [0, 0.05) is 0 Å². The smallest absolute Gasteiger partial charge is 0.438 e. The highest BCUT2D eigenvalue weighted by atomic mass is 16.7. The third-order valence-electron chi connectivity index (χ3n) is 2.34. The Bertz CT molecular complexity index is 346. The number of rotatable bonds is 2. The van der Waals surface area contributed by atoms with Crippen molar-refractivity contribution >= 4 is 6.16 Å². The number of methoxy groups -OCH3 is 1. The lowest BCUT2D eigenvalue weighted by atomic mass is 9.87. The number of ether oxygens (including phenoxy) is 2. The standard InChI is InChI=1S/C13H18O3/c1-13(2,3)11-7-5-10(6-8-11)9-16-12(14)15-4/h5-8H,9H2,1-4H3. The van der Waals surface area contributed by atoms with Gasteiger partial charge in [-0.15, -0.1) is 0 Å². The summed E-state index contributed by atoms with van der Waals surface area (Å²) >= 11 is 0. The van der Waals surface area contributed by atoms with E-state index in [0.717, 1.165) is 5.56 Å². The maximum Gasteiger partial charge on any atom is 0.508 e. The van der Waals surface area contributed by atoms with Crippen molar-refractivity contribution in [3.63, 3.8) is 0 Å². The molecule has 0 aliphatic heterocycles. The zero-order chi connectivity index (χ0) is 12.2. The topological polar surface area (TPSA) is 35.5 Å². The Morgan fingerprint density at radius 1 is 1.19 bits per heavy atom. The molecule has 0 aliphatic carbocycles. The number of hydrogen-bond acceptors (Lipinski definition) is 3. The quantitative estimate of drug-likeness (QED) is 0.720. The molecule has 0 heterocycles. The van der Waals surface area contributed by atoms with Crippen molar-refractivity contribution in [2.75, 3.05) is 7.11 Å². The summed E-state index contributed by atoms with van der Waals surface area (Å²) in [5.74, 6) is 0. The number of hydrogen-bond donors (Lipinski definition) is 0. The van der Waals surface area contributed by atoms with Gasteiger partial charge in [0.15, 0.2) is 0 Å². The Morgan fingerprint density at radius 2 is 1.75 bits per heavy atom. The zero-order valence-electron chi connectivity index (χ0n) is 10.2. The van der Waals surface area contributed by atoms with Gasteiger partial charge in [-0.05, 0) is 16.5 Å². The summed E-state index contributed by atoms with van der Waals surface area (Å²) in [4.78, 5) is 10.8. The van der Waals surface area contributed by atoms with Gasteiger partial charge in [0.1, 0.15) is 6.61 Å². The van der Waals surface area contributed by atoms with Gasteiger partial charge >= 0.3 is 6.16 Å². The van der Waals surface area contributed by atoms with E-state index >= 15 is 0 Å². The SMILES string of the molecule is COC(=O)OCc1ccc(C(C)(C)C)cc1. The summed E-state index contributed by atoms with van der Waals surface area (Å²) in [5, 5.41) is 0. The van der Waals surface area contributed by atoms with Gasteiger partial charge in [0.05, 0.1) is 7.11 Å². The first-order valence-electron chi connectivity index (χ1n) is 5.23. The van der Waals surface area contributed by atoms with Crippen LogP contribution in [0.15, 0.2) is 24.3 Å². The first-order valence-corrected chi connectivity index (χ1v) is 5.23. The predicted octanol–water partition coefficient (Wildman–Crippen LogP) is 3.27. The lowest BCUT2D eigenvalue weighted by molar-refractivity contribution is 0.0669. The minimum absolute atomic E-state index is 0.141. The van der Waals surface area contributed by atoms with Gasteiger partial charge in [-0.3, -0.25) is 0 Å². The second-order valence-electron chi connectivity index (χ2n) is 4.69. The fourth-order valence-electron chi connectivity index (χ4n) is 1.30. The van der Waals surface area contributed by atoms with Gasteiger partial charge < -0.3 is 9.47 Å². The second kappa shape index (κ2) is 5.01. The average molecular weight is 222 g/mol. The lowest BCUT2D eigenvalue weighted by Gasteiger charge is -2.19. The molecular formula is C13H18O3. The Balaban J connectivity index is 2.62. The molecule has 0 bridgehead atoms. The highest BCUT2D eigenvalue weighted by Crippen LogP contribution is 2.22. The van der Waals surface area contributed by atoms with E-state index in [2.05, 4.69) is 37.6 Å². The summed E-state index contributed by atoms with van der Waals surface area (Å²) in [6, 6.07) is 8.03. The molecule has 0 saturated heterocycles. The van der Waals surface area contributed by atoms with Crippen LogP contribution in [-0.2, 0) is 21.5 Å². The maximum atomic E-state index is 10.8. The van der Waals surface area contributed by atoms with Crippen LogP contribution < -0.4 is 0 Å². The van der Waals surface area contributed by atoms with Crippen molar-refractivity contribution in [3.05, 3.63) is 35.4 Å². The number of carbonyl (C=O) groups excluding carboxylic acids is 1. The van der Waals surface area contributed by atoms with Crippen LogP contribution in [0.2, 0.25) is 0 Å². The van der Waals surface area contributed by atoms with Crippen LogP contribution in [0.1, 0.15) is 31.9 Å². The molecule has 0 aliphatic rings. The van der Waals surface area contributed by atoms with Crippen molar-refractivity contribution in [1.29, 1.82) is 0 Å². The molecule has 1 rings (SSSR count). The fraction of sp³-hybridized carbons (Fsp3) is 0.462. The van der Waals surface area contributed by atoms with Gasteiger partial charge in [0.2, 0.25) is 0 Å². The maximum absolute atomic E-state index is 10.8. The molecule has 0 spiro atoms. The molecule has 0 amide bonds. The molecule has 1 aromatic carbocycles. The van der Waals surface area contributed by atoms with E-state index in [0.29, 0.717) is 0 Å². The Morgan fingerprint density at radius 3 is 2.19 bits per heavy atom. The summed E-state index contributed by atoms with van der Waals surface area (Å²) in [6.45, 7) is 6.73. The minimum Gasteiger partial charge on any atom is -0.438 e. The molecule has 3 heteroatoms. The van der Waals surface area contributed by atoms with Crippen LogP contribution in [0, 0.1) is 0 Å². The highest BCUT2D eigenvalue weighted by molar-refractivity contribution is 5.59. The van der Waals surface area contributed by atoms with E-state index in [1.165, 1.54) is 12.7 Å². The van der Waals surface area contributed by atoms with E-state index in [4.69, 9.17) is 4.74 Å². The molecule has 0 fully saturated rings. The van der Waals surface area contributed by atoms with E-state index in [1.54, 1.807) is 0 Å². The van der Waals surface area contributed by atoms with Crippen LogP contribution in [0.5, 0.6) is 0 Å². The Kier molecular flexibility index (Phi) is 3.93. The van der Waals surface area contributed by atoms with Crippen molar-refractivity contribution in [1.82, 2.24) is 0 Å². The van der Waals surface area contributed by atoms with Gasteiger partial charge in [-0.1, -0.05) is 45.0 Å². The molecule has 3 nitrogen and oxygen atoms in total. The van der Waals surface area contributed by atoms with Gasteiger partial charge in [-0.2, -0.15) is 0 Å².